The fourth-order valence-corrected chi connectivity index (χ4v) is 2.53. The number of likely N-dealkylation sites (N-methyl/N-ethyl adjacent to an activating group) is 1. The summed E-state index contributed by atoms with van der Waals surface area (Å²) in [6.07, 6.45) is 0.232. The lowest BCUT2D eigenvalue weighted by molar-refractivity contribution is -0.127. The van der Waals surface area contributed by atoms with Gasteiger partial charge in [0.2, 0.25) is 0 Å². The normalized spacial score (nSPS) is 16.8. The van der Waals surface area contributed by atoms with E-state index < -0.39 is 12.2 Å². The van der Waals surface area contributed by atoms with E-state index in [1.807, 2.05) is 0 Å². The van der Waals surface area contributed by atoms with E-state index in [0.717, 1.165) is 5.56 Å². The molecule has 124 valence electrons. The van der Waals surface area contributed by atoms with Gasteiger partial charge in [0.25, 0.3) is 5.91 Å². The van der Waals surface area contributed by atoms with Crippen LogP contribution in [0.1, 0.15) is 6.92 Å². The van der Waals surface area contributed by atoms with Crippen molar-refractivity contribution in [2.45, 2.75) is 13.0 Å². The molecule has 1 fully saturated rings. The van der Waals surface area contributed by atoms with E-state index in [1.165, 1.54) is 17.0 Å². The molecule has 2 heterocycles. The van der Waals surface area contributed by atoms with Gasteiger partial charge in [0.05, 0.1) is 6.54 Å². The van der Waals surface area contributed by atoms with Crippen molar-refractivity contribution in [1.29, 1.82) is 0 Å². The number of carbonyl (C=O) groups excluding carboxylic acids is 2. The predicted molar refractivity (Wildman–Crippen MR) is 88.8 cm³/mol. The Morgan fingerprint density at radius 3 is 2.71 bits per heavy atom. The van der Waals surface area contributed by atoms with Crippen molar-refractivity contribution < 1.29 is 14.3 Å². The SMILES string of the molecule is CCNC(=O)[C@H]1CN(c2ccc(-c3cc(=O)cc[nH]3)cc2)C(=O)O1. The van der Waals surface area contributed by atoms with Crippen LogP contribution in [0.2, 0.25) is 0 Å². The third-order valence-electron chi connectivity index (χ3n) is 3.72. The summed E-state index contributed by atoms with van der Waals surface area (Å²) >= 11 is 0. The third kappa shape index (κ3) is 3.15. The number of anilines is 1. The van der Waals surface area contributed by atoms with E-state index in [2.05, 4.69) is 10.3 Å². The first-order valence-electron chi connectivity index (χ1n) is 7.63. The van der Waals surface area contributed by atoms with Crippen molar-refractivity contribution in [3.63, 3.8) is 0 Å². The van der Waals surface area contributed by atoms with Crippen LogP contribution in [0.15, 0.2) is 47.4 Å². The van der Waals surface area contributed by atoms with Crippen LogP contribution in [0.4, 0.5) is 10.5 Å². The summed E-state index contributed by atoms with van der Waals surface area (Å²) in [5, 5.41) is 2.64. The minimum atomic E-state index is -0.803. The maximum absolute atomic E-state index is 12.0. The third-order valence-corrected chi connectivity index (χ3v) is 3.72. The topological polar surface area (TPSA) is 91.5 Å². The maximum atomic E-state index is 12.0. The smallest absolute Gasteiger partial charge is 0.415 e. The number of carbonyl (C=O) groups is 2. The maximum Gasteiger partial charge on any atom is 0.415 e. The Hall–Kier alpha value is -3.09. The van der Waals surface area contributed by atoms with E-state index >= 15 is 0 Å². The highest BCUT2D eigenvalue weighted by atomic mass is 16.6. The van der Waals surface area contributed by atoms with Gasteiger partial charge in [-0.25, -0.2) is 4.79 Å². The molecule has 2 N–H and O–H groups in total. The van der Waals surface area contributed by atoms with Crippen LogP contribution in [0.25, 0.3) is 11.3 Å². The Morgan fingerprint density at radius 1 is 1.29 bits per heavy atom. The number of nitrogens with zero attached hydrogens (tertiary/aromatic N) is 1. The Labute approximate surface area is 138 Å². The number of amides is 2. The van der Waals surface area contributed by atoms with Crippen LogP contribution < -0.4 is 15.6 Å². The highest BCUT2D eigenvalue weighted by molar-refractivity contribution is 5.95. The molecule has 24 heavy (non-hydrogen) atoms. The van der Waals surface area contributed by atoms with Crippen LogP contribution in [0.5, 0.6) is 0 Å². The molecule has 0 spiro atoms. The molecule has 7 nitrogen and oxygen atoms in total. The molecule has 7 heteroatoms. The van der Waals surface area contributed by atoms with Gasteiger partial charge in [0.1, 0.15) is 0 Å². The van der Waals surface area contributed by atoms with Gasteiger partial charge in [0.15, 0.2) is 11.5 Å². The van der Waals surface area contributed by atoms with Gasteiger partial charge in [-0.15, -0.1) is 0 Å². The molecule has 0 bridgehead atoms. The zero-order valence-electron chi connectivity index (χ0n) is 13.1. The second-order valence-corrected chi connectivity index (χ2v) is 5.36. The Kier molecular flexibility index (Phi) is 4.33. The highest BCUT2D eigenvalue weighted by Crippen LogP contribution is 2.25. The Balaban J connectivity index is 1.77. The molecule has 0 aliphatic carbocycles. The zero-order chi connectivity index (χ0) is 17.1. The van der Waals surface area contributed by atoms with Crippen molar-refractivity contribution in [3.8, 4) is 11.3 Å². The fourth-order valence-electron chi connectivity index (χ4n) is 2.53. The average molecular weight is 327 g/mol. The molecule has 1 saturated heterocycles. The van der Waals surface area contributed by atoms with Crippen molar-refractivity contribution in [2.75, 3.05) is 18.0 Å². The molecule has 0 radical (unpaired) electrons. The average Bonchev–Trinajstić information content (AvgIpc) is 2.97. The first kappa shape index (κ1) is 15.8. The monoisotopic (exact) mass is 327 g/mol. The number of H-pyrrole nitrogens is 1. The van der Waals surface area contributed by atoms with E-state index in [0.29, 0.717) is 17.9 Å². The van der Waals surface area contributed by atoms with Crippen LogP contribution in [0.3, 0.4) is 0 Å². The van der Waals surface area contributed by atoms with E-state index in [9.17, 15) is 14.4 Å². The van der Waals surface area contributed by atoms with Crippen molar-refractivity contribution in [2.24, 2.45) is 0 Å². The molecular weight excluding hydrogens is 310 g/mol. The number of hydrogen-bond donors (Lipinski definition) is 2. The number of pyridine rings is 1. The lowest BCUT2D eigenvalue weighted by atomic mass is 10.1. The zero-order valence-corrected chi connectivity index (χ0v) is 13.1. The van der Waals surface area contributed by atoms with E-state index in [-0.39, 0.29) is 17.9 Å². The number of benzene rings is 1. The molecule has 1 aromatic heterocycles. The van der Waals surface area contributed by atoms with Crippen LogP contribution in [-0.4, -0.2) is 36.2 Å². The largest absolute Gasteiger partial charge is 0.434 e. The summed E-state index contributed by atoms with van der Waals surface area (Å²) in [4.78, 5) is 39.6. The molecule has 2 aromatic rings. The molecule has 1 atom stereocenters. The summed E-state index contributed by atoms with van der Waals surface area (Å²) in [5.74, 6) is -0.299. The second kappa shape index (κ2) is 6.57. The fraction of sp³-hybridized carbons (Fsp3) is 0.235. The molecule has 1 aliphatic rings. The summed E-state index contributed by atoms with van der Waals surface area (Å²) < 4.78 is 5.10. The number of nitrogens with one attached hydrogen (secondary N) is 2. The summed E-state index contributed by atoms with van der Waals surface area (Å²) in [5.41, 5.74) is 2.07. The molecule has 2 amide bonds. The van der Waals surface area contributed by atoms with Gasteiger partial charge in [-0.2, -0.15) is 0 Å². The minimum absolute atomic E-state index is 0.0827. The van der Waals surface area contributed by atoms with Gasteiger partial charge >= 0.3 is 6.09 Å². The standard InChI is InChI=1S/C17H17N3O4/c1-2-18-16(22)15-10-20(17(23)24-15)12-5-3-11(4-6-12)14-9-13(21)7-8-19-14/h3-9,15H,2,10H2,1H3,(H,18,22)(H,19,21)/t15-/m1/s1. The predicted octanol–water partition coefficient (Wildman–Crippen LogP) is 1.50. The quantitative estimate of drug-likeness (QED) is 0.890. The Bertz CT molecular complexity index is 813. The molecule has 1 aromatic carbocycles. The van der Waals surface area contributed by atoms with Gasteiger partial charge in [-0.1, -0.05) is 12.1 Å². The van der Waals surface area contributed by atoms with E-state index in [4.69, 9.17) is 4.74 Å². The highest BCUT2D eigenvalue weighted by Gasteiger charge is 2.36. The second-order valence-electron chi connectivity index (χ2n) is 5.36. The molecule has 3 rings (SSSR count). The first-order chi connectivity index (χ1) is 11.6. The lowest BCUT2D eigenvalue weighted by Crippen LogP contribution is -2.37. The van der Waals surface area contributed by atoms with Crippen molar-refractivity contribution >= 4 is 17.7 Å². The Morgan fingerprint density at radius 2 is 2.04 bits per heavy atom. The van der Waals surface area contributed by atoms with Crippen molar-refractivity contribution in [1.82, 2.24) is 10.3 Å². The number of hydrogen-bond acceptors (Lipinski definition) is 4. The number of rotatable bonds is 4. The first-order valence-corrected chi connectivity index (χ1v) is 7.63. The van der Waals surface area contributed by atoms with Crippen LogP contribution >= 0.6 is 0 Å². The summed E-state index contributed by atoms with van der Waals surface area (Å²) in [7, 11) is 0. The van der Waals surface area contributed by atoms with Crippen LogP contribution in [0, 0.1) is 0 Å². The van der Waals surface area contributed by atoms with Gasteiger partial charge in [-0.3, -0.25) is 14.5 Å². The summed E-state index contributed by atoms with van der Waals surface area (Å²) in [6.45, 7) is 2.46. The summed E-state index contributed by atoms with van der Waals surface area (Å²) in [6, 6.07) is 10.1. The lowest BCUT2D eigenvalue weighted by Gasteiger charge is -2.13. The number of aromatic amines is 1. The van der Waals surface area contributed by atoms with Gasteiger partial charge < -0.3 is 15.0 Å². The van der Waals surface area contributed by atoms with Crippen molar-refractivity contribution in [3.05, 3.63) is 52.8 Å². The molecule has 1 aliphatic heterocycles. The molecular formula is C17H17N3O4. The van der Waals surface area contributed by atoms with Gasteiger partial charge in [-0.05, 0) is 24.6 Å². The number of aromatic nitrogens is 1. The van der Waals surface area contributed by atoms with Gasteiger partial charge in [0, 0.05) is 36.3 Å². The minimum Gasteiger partial charge on any atom is -0.434 e. The number of ether oxygens (including phenoxy) is 1. The molecule has 0 unspecified atom stereocenters. The van der Waals surface area contributed by atoms with Crippen LogP contribution in [-0.2, 0) is 9.53 Å². The number of cyclic esters (lactones) is 1. The van der Waals surface area contributed by atoms with E-state index in [1.54, 1.807) is 37.4 Å². The molecule has 0 saturated carbocycles.